The van der Waals surface area contributed by atoms with Crippen molar-refractivity contribution in [2.24, 2.45) is 17.8 Å². The molecule has 4 unspecified atom stereocenters. The maximum atomic E-state index is 3.80. The molecule has 0 aromatic rings. The summed E-state index contributed by atoms with van der Waals surface area (Å²) in [7, 11) is 0. The van der Waals surface area contributed by atoms with Crippen molar-refractivity contribution in [2.75, 3.05) is 6.54 Å². The van der Waals surface area contributed by atoms with Crippen LogP contribution in [0, 0.1) is 17.8 Å². The highest BCUT2D eigenvalue weighted by atomic mass is 14.9. The first-order chi connectivity index (χ1) is 8.65. The molecule has 1 aliphatic carbocycles. The molecule has 1 aliphatic rings. The summed E-state index contributed by atoms with van der Waals surface area (Å²) in [5, 5.41) is 3.80. The fourth-order valence-electron chi connectivity index (χ4n) is 3.36. The quantitative estimate of drug-likeness (QED) is 0.641. The van der Waals surface area contributed by atoms with Crippen molar-refractivity contribution in [2.45, 2.75) is 85.1 Å². The van der Waals surface area contributed by atoms with E-state index in [0.29, 0.717) is 0 Å². The van der Waals surface area contributed by atoms with E-state index in [1.165, 1.54) is 57.9 Å². The van der Waals surface area contributed by atoms with Crippen LogP contribution in [0.25, 0.3) is 0 Å². The van der Waals surface area contributed by atoms with Gasteiger partial charge < -0.3 is 5.32 Å². The molecule has 0 heterocycles. The van der Waals surface area contributed by atoms with Gasteiger partial charge in [-0.2, -0.15) is 0 Å². The van der Waals surface area contributed by atoms with E-state index in [1.54, 1.807) is 0 Å². The van der Waals surface area contributed by atoms with Crippen LogP contribution in [0.5, 0.6) is 0 Å². The molecule has 0 aromatic heterocycles. The highest BCUT2D eigenvalue weighted by Crippen LogP contribution is 2.30. The molecule has 0 spiro atoms. The third kappa shape index (κ3) is 6.22. The first-order valence-electron chi connectivity index (χ1n) is 8.39. The third-order valence-electron chi connectivity index (χ3n) is 4.91. The van der Waals surface area contributed by atoms with Gasteiger partial charge in [0, 0.05) is 6.04 Å². The second kappa shape index (κ2) is 8.96. The van der Waals surface area contributed by atoms with E-state index < -0.39 is 0 Å². The monoisotopic (exact) mass is 253 g/mol. The Bertz CT molecular complexity index is 202. The molecule has 1 fully saturated rings. The van der Waals surface area contributed by atoms with Crippen molar-refractivity contribution in [3.8, 4) is 0 Å². The van der Waals surface area contributed by atoms with Gasteiger partial charge >= 0.3 is 0 Å². The van der Waals surface area contributed by atoms with Crippen LogP contribution < -0.4 is 5.32 Å². The summed E-state index contributed by atoms with van der Waals surface area (Å²) in [5.74, 6) is 2.85. The van der Waals surface area contributed by atoms with E-state index in [2.05, 4.69) is 33.0 Å². The smallest absolute Gasteiger partial charge is 0.00669 e. The van der Waals surface area contributed by atoms with Crippen molar-refractivity contribution in [1.29, 1.82) is 0 Å². The molecular formula is C17H35N. The minimum atomic E-state index is 0.751. The predicted octanol–water partition coefficient (Wildman–Crippen LogP) is 5.01. The molecule has 0 aliphatic heterocycles. The van der Waals surface area contributed by atoms with E-state index in [4.69, 9.17) is 0 Å². The van der Waals surface area contributed by atoms with E-state index in [0.717, 1.165) is 23.8 Å². The fraction of sp³-hybridized carbons (Fsp3) is 1.00. The van der Waals surface area contributed by atoms with E-state index in [1.807, 2.05) is 0 Å². The molecule has 18 heavy (non-hydrogen) atoms. The predicted molar refractivity (Wildman–Crippen MR) is 81.9 cm³/mol. The summed E-state index contributed by atoms with van der Waals surface area (Å²) < 4.78 is 0. The minimum absolute atomic E-state index is 0.751. The summed E-state index contributed by atoms with van der Waals surface area (Å²) in [5.41, 5.74) is 0. The Morgan fingerprint density at radius 2 is 1.94 bits per heavy atom. The van der Waals surface area contributed by atoms with Gasteiger partial charge in [-0.25, -0.2) is 0 Å². The van der Waals surface area contributed by atoms with E-state index in [9.17, 15) is 0 Å². The van der Waals surface area contributed by atoms with Crippen molar-refractivity contribution in [1.82, 2.24) is 5.32 Å². The largest absolute Gasteiger partial charge is 0.314 e. The molecule has 108 valence electrons. The molecule has 0 amide bonds. The fourth-order valence-corrected chi connectivity index (χ4v) is 3.36. The Morgan fingerprint density at radius 1 is 1.17 bits per heavy atom. The molecule has 1 heteroatoms. The Kier molecular flexibility index (Phi) is 7.97. The minimum Gasteiger partial charge on any atom is -0.314 e. The van der Waals surface area contributed by atoms with Gasteiger partial charge in [0.2, 0.25) is 0 Å². The maximum Gasteiger partial charge on any atom is 0.00669 e. The standard InChI is InChI=1S/C17H35N/c1-5-14(3)13-17(6-2)18-11-10-16-9-7-8-15(4)12-16/h14-18H,5-13H2,1-4H3. The Labute approximate surface area is 115 Å². The van der Waals surface area contributed by atoms with Crippen LogP contribution in [-0.2, 0) is 0 Å². The van der Waals surface area contributed by atoms with Crippen LogP contribution in [0.1, 0.15) is 79.1 Å². The lowest BCUT2D eigenvalue weighted by atomic mass is 9.81. The molecule has 1 rings (SSSR count). The highest BCUT2D eigenvalue weighted by Gasteiger charge is 2.18. The Balaban J connectivity index is 2.14. The lowest BCUT2D eigenvalue weighted by Gasteiger charge is -2.28. The van der Waals surface area contributed by atoms with Crippen molar-refractivity contribution >= 4 is 0 Å². The van der Waals surface area contributed by atoms with Crippen LogP contribution in [-0.4, -0.2) is 12.6 Å². The lowest BCUT2D eigenvalue weighted by Crippen LogP contribution is -2.32. The van der Waals surface area contributed by atoms with Crippen LogP contribution in [0.3, 0.4) is 0 Å². The second-order valence-electron chi connectivity index (χ2n) is 6.73. The Hall–Kier alpha value is -0.0400. The molecule has 1 saturated carbocycles. The van der Waals surface area contributed by atoms with Gasteiger partial charge in [0.15, 0.2) is 0 Å². The van der Waals surface area contributed by atoms with Crippen molar-refractivity contribution < 1.29 is 0 Å². The molecule has 1 nitrogen and oxygen atoms in total. The summed E-state index contributed by atoms with van der Waals surface area (Å²) >= 11 is 0. The summed E-state index contributed by atoms with van der Waals surface area (Å²) in [6.45, 7) is 10.7. The van der Waals surface area contributed by atoms with Crippen molar-refractivity contribution in [3.63, 3.8) is 0 Å². The molecular weight excluding hydrogens is 218 g/mol. The van der Waals surface area contributed by atoms with Crippen LogP contribution in [0.2, 0.25) is 0 Å². The first kappa shape index (κ1) is 16.0. The maximum absolute atomic E-state index is 3.80. The molecule has 0 aromatic carbocycles. The zero-order valence-corrected chi connectivity index (χ0v) is 13.2. The molecule has 4 atom stereocenters. The van der Waals surface area contributed by atoms with Gasteiger partial charge in [-0.3, -0.25) is 0 Å². The average Bonchev–Trinajstić information content (AvgIpc) is 2.37. The van der Waals surface area contributed by atoms with Crippen LogP contribution in [0.4, 0.5) is 0 Å². The summed E-state index contributed by atoms with van der Waals surface area (Å²) in [6, 6.07) is 0.751. The molecule has 1 N–H and O–H groups in total. The molecule has 0 radical (unpaired) electrons. The lowest BCUT2D eigenvalue weighted by molar-refractivity contribution is 0.261. The van der Waals surface area contributed by atoms with Crippen molar-refractivity contribution in [3.05, 3.63) is 0 Å². The zero-order valence-electron chi connectivity index (χ0n) is 13.2. The first-order valence-corrected chi connectivity index (χ1v) is 8.39. The van der Waals surface area contributed by atoms with Gasteiger partial charge in [0.05, 0.1) is 0 Å². The van der Waals surface area contributed by atoms with Gasteiger partial charge in [-0.05, 0) is 50.0 Å². The zero-order chi connectivity index (χ0) is 13.4. The number of rotatable bonds is 8. The van der Waals surface area contributed by atoms with E-state index >= 15 is 0 Å². The average molecular weight is 253 g/mol. The highest BCUT2D eigenvalue weighted by molar-refractivity contribution is 4.73. The van der Waals surface area contributed by atoms with Gasteiger partial charge in [-0.15, -0.1) is 0 Å². The number of hydrogen-bond acceptors (Lipinski definition) is 1. The number of hydrogen-bond donors (Lipinski definition) is 1. The topological polar surface area (TPSA) is 12.0 Å². The SMILES string of the molecule is CCC(C)CC(CC)NCCC1CCCC(C)C1. The third-order valence-corrected chi connectivity index (χ3v) is 4.91. The van der Waals surface area contributed by atoms with Crippen LogP contribution >= 0.6 is 0 Å². The second-order valence-corrected chi connectivity index (χ2v) is 6.73. The van der Waals surface area contributed by atoms with E-state index in [-0.39, 0.29) is 0 Å². The normalized spacial score (nSPS) is 28.0. The molecule has 0 saturated heterocycles. The summed E-state index contributed by atoms with van der Waals surface area (Å²) in [6.07, 6.45) is 11.3. The van der Waals surface area contributed by atoms with Gasteiger partial charge in [-0.1, -0.05) is 53.4 Å². The van der Waals surface area contributed by atoms with Crippen LogP contribution in [0.15, 0.2) is 0 Å². The molecule has 0 bridgehead atoms. The summed E-state index contributed by atoms with van der Waals surface area (Å²) in [4.78, 5) is 0. The van der Waals surface area contributed by atoms with Gasteiger partial charge in [0.25, 0.3) is 0 Å². The number of nitrogens with one attached hydrogen (secondary N) is 1. The van der Waals surface area contributed by atoms with Gasteiger partial charge in [0.1, 0.15) is 0 Å². The Morgan fingerprint density at radius 3 is 2.56 bits per heavy atom.